The Labute approximate surface area is 86.3 Å². The van der Waals surface area contributed by atoms with Crippen LogP contribution in [-0.2, 0) is 22.5 Å². The molecule has 0 heterocycles. The van der Waals surface area contributed by atoms with Crippen molar-refractivity contribution in [2.75, 3.05) is 13.4 Å². The first-order valence-corrected chi connectivity index (χ1v) is 6.70. The summed E-state index contributed by atoms with van der Waals surface area (Å²) in [5, 5.41) is 8.16. The molecule has 0 amide bonds. The number of aliphatic hydroxyl groups excluding tert-OH is 1. The van der Waals surface area contributed by atoms with Gasteiger partial charge in [-0.2, -0.15) is 4.31 Å². The van der Waals surface area contributed by atoms with Gasteiger partial charge in [-0.1, -0.05) is 12.2 Å². The smallest absolute Gasteiger partial charge is 0.370 e. The highest BCUT2D eigenvalue weighted by atomic mass is 31.3. The first-order valence-electron chi connectivity index (χ1n) is 3.71. The van der Waals surface area contributed by atoms with Gasteiger partial charge in [-0.15, -0.1) is 0 Å². The van der Waals surface area contributed by atoms with Crippen LogP contribution in [0.5, 0.6) is 0 Å². The van der Waals surface area contributed by atoms with E-state index in [2.05, 4.69) is 13.4 Å². The Morgan fingerprint density at radius 1 is 1.20 bits per heavy atom. The first kappa shape index (κ1) is 15.0. The molecule has 0 radical (unpaired) electrons. The zero-order valence-electron chi connectivity index (χ0n) is 7.85. The maximum Gasteiger partial charge on any atom is 0.483 e. The SMILES string of the molecule is CC=CCOP(=O)(O)OP(=O)(O)OCO. The molecule has 3 N–H and O–H groups in total. The van der Waals surface area contributed by atoms with Crippen molar-refractivity contribution >= 4 is 15.6 Å². The molecule has 8 nitrogen and oxygen atoms in total. The third kappa shape index (κ3) is 7.84. The highest BCUT2D eigenvalue weighted by Gasteiger charge is 2.34. The number of phosphoric ester groups is 2. The highest BCUT2D eigenvalue weighted by molar-refractivity contribution is 7.61. The Morgan fingerprint density at radius 3 is 2.20 bits per heavy atom. The fourth-order valence-corrected chi connectivity index (χ4v) is 2.32. The summed E-state index contributed by atoms with van der Waals surface area (Å²) in [4.78, 5) is 17.6. The number of hydrogen-bond acceptors (Lipinski definition) is 6. The van der Waals surface area contributed by atoms with Gasteiger partial charge in [-0.05, 0) is 6.92 Å². The van der Waals surface area contributed by atoms with E-state index in [0.29, 0.717) is 0 Å². The Morgan fingerprint density at radius 2 is 1.73 bits per heavy atom. The van der Waals surface area contributed by atoms with Crippen LogP contribution < -0.4 is 0 Å². The Bertz CT molecular complexity index is 299. The molecule has 0 bridgehead atoms. The summed E-state index contributed by atoms with van der Waals surface area (Å²) in [6, 6.07) is 0. The summed E-state index contributed by atoms with van der Waals surface area (Å²) in [5.41, 5.74) is 0. The summed E-state index contributed by atoms with van der Waals surface area (Å²) < 4.78 is 33.6. The second kappa shape index (κ2) is 6.52. The number of rotatable bonds is 7. The lowest BCUT2D eigenvalue weighted by molar-refractivity contribution is 0.0630. The Hall–Kier alpha value is -0.0400. The molecule has 10 heteroatoms. The topological polar surface area (TPSA) is 123 Å². The normalized spacial score (nSPS) is 20.0. The third-order valence-electron chi connectivity index (χ3n) is 0.997. The van der Waals surface area contributed by atoms with Crippen molar-refractivity contribution in [3.63, 3.8) is 0 Å². The van der Waals surface area contributed by atoms with Crippen LogP contribution in [0.1, 0.15) is 6.92 Å². The Kier molecular flexibility index (Phi) is 6.51. The van der Waals surface area contributed by atoms with Crippen LogP contribution in [0.4, 0.5) is 0 Å². The molecule has 0 saturated heterocycles. The molecule has 0 aromatic heterocycles. The molecular formula is C5H12O8P2. The first-order chi connectivity index (χ1) is 6.83. The maximum atomic E-state index is 11.0. The summed E-state index contributed by atoms with van der Waals surface area (Å²) in [7, 11) is -9.45. The highest BCUT2D eigenvalue weighted by Crippen LogP contribution is 2.60. The van der Waals surface area contributed by atoms with E-state index in [0.717, 1.165) is 0 Å². The standard InChI is InChI=1S/C5H12O8P2/c1-2-3-4-11-14(7,8)13-15(9,10)12-5-6/h2-3,6H,4-5H2,1H3,(H,7,8)(H,9,10). The maximum absolute atomic E-state index is 11.0. The van der Waals surface area contributed by atoms with E-state index in [-0.39, 0.29) is 6.61 Å². The number of phosphoric acid groups is 2. The average molecular weight is 262 g/mol. The lowest BCUT2D eigenvalue weighted by atomic mass is 10.6. The second-order valence-electron chi connectivity index (χ2n) is 2.14. The number of aliphatic hydroxyl groups is 1. The lowest BCUT2D eigenvalue weighted by Gasteiger charge is -2.13. The van der Waals surface area contributed by atoms with E-state index in [4.69, 9.17) is 14.9 Å². The molecule has 2 unspecified atom stereocenters. The molecule has 15 heavy (non-hydrogen) atoms. The number of allylic oxidation sites excluding steroid dienone is 1. The molecule has 0 aliphatic carbocycles. The zero-order valence-corrected chi connectivity index (χ0v) is 9.64. The van der Waals surface area contributed by atoms with Crippen molar-refractivity contribution in [3.05, 3.63) is 12.2 Å². The van der Waals surface area contributed by atoms with Gasteiger partial charge >= 0.3 is 15.6 Å². The van der Waals surface area contributed by atoms with Crippen molar-refractivity contribution in [2.45, 2.75) is 6.92 Å². The van der Waals surface area contributed by atoms with E-state index >= 15 is 0 Å². The van der Waals surface area contributed by atoms with E-state index < -0.39 is 22.4 Å². The van der Waals surface area contributed by atoms with Gasteiger partial charge in [0.2, 0.25) is 0 Å². The van der Waals surface area contributed by atoms with Gasteiger partial charge in [0.05, 0.1) is 6.61 Å². The molecule has 0 saturated carbocycles. The van der Waals surface area contributed by atoms with Crippen molar-refractivity contribution in [3.8, 4) is 0 Å². The Balaban J connectivity index is 4.24. The third-order valence-corrected chi connectivity index (χ3v) is 3.56. The zero-order chi connectivity index (χ0) is 11.9. The van der Waals surface area contributed by atoms with Crippen LogP contribution in [0.25, 0.3) is 0 Å². The van der Waals surface area contributed by atoms with Gasteiger partial charge in [-0.3, -0.25) is 9.05 Å². The molecule has 2 atom stereocenters. The van der Waals surface area contributed by atoms with E-state index in [1.54, 1.807) is 13.0 Å². The van der Waals surface area contributed by atoms with Crippen molar-refractivity contribution in [1.82, 2.24) is 0 Å². The minimum Gasteiger partial charge on any atom is -0.370 e. The summed E-state index contributed by atoms with van der Waals surface area (Å²) in [6.45, 7) is 0.268. The molecule has 0 rings (SSSR count). The summed E-state index contributed by atoms with van der Waals surface area (Å²) >= 11 is 0. The van der Waals surface area contributed by atoms with Crippen LogP contribution in [-0.4, -0.2) is 28.3 Å². The van der Waals surface area contributed by atoms with Gasteiger partial charge in [-0.25, -0.2) is 9.13 Å². The minimum atomic E-state index is -4.77. The fourth-order valence-electron chi connectivity index (χ4n) is 0.484. The van der Waals surface area contributed by atoms with E-state index in [9.17, 15) is 9.13 Å². The van der Waals surface area contributed by atoms with Gasteiger partial charge in [0.1, 0.15) is 0 Å². The van der Waals surface area contributed by atoms with Crippen molar-refractivity contribution < 1.29 is 37.4 Å². The average Bonchev–Trinajstić information content (AvgIpc) is 2.01. The molecule has 0 aliphatic rings. The van der Waals surface area contributed by atoms with Gasteiger partial charge in [0, 0.05) is 0 Å². The van der Waals surface area contributed by atoms with Crippen molar-refractivity contribution in [2.24, 2.45) is 0 Å². The molecule has 0 aliphatic heterocycles. The number of hydrogen-bond donors (Lipinski definition) is 3. The largest absolute Gasteiger partial charge is 0.483 e. The van der Waals surface area contributed by atoms with Crippen LogP contribution in [0.3, 0.4) is 0 Å². The monoisotopic (exact) mass is 262 g/mol. The fraction of sp³-hybridized carbons (Fsp3) is 0.600. The summed E-state index contributed by atoms with van der Waals surface area (Å²) in [5.74, 6) is 0. The van der Waals surface area contributed by atoms with E-state index in [1.165, 1.54) is 6.08 Å². The van der Waals surface area contributed by atoms with Crippen LogP contribution in [0, 0.1) is 0 Å². The second-order valence-corrected chi connectivity index (χ2v) is 5.19. The van der Waals surface area contributed by atoms with Gasteiger partial charge in [0.15, 0.2) is 6.79 Å². The molecular weight excluding hydrogens is 250 g/mol. The van der Waals surface area contributed by atoms with Crippen molar-refractivity contribution in [1.29, 1.82) is 0 Å². The molecule has 0 spiro atoms. The van der Waals surface area contributed by atoms with Gasteiger partial charge in [0.25, 0.3) is 0 Å². The molecule has 0 aromatic rings. The molecule has 0 aromatic carbocycles. The van der Waals surface area contributed by atoms with Gasteiger partial charge < -0.3 is 14.9 Å². The minimum absolute atomic E-state index is 0.261. The predicted molar refractivity (Wildman–Crippen MR) is 49.7 cm³/mol. The van der Waals surface area contributed by atoms with Crippen LogP contribution in [0.15, 0.2) is 12.2 Å². The van der Waals surface area contributed by atoms with E-state index in [1.807, 2.05) is 0 Å². The predicted octanol–water partition coefficient (Wildman–Crippen LogP) is 0.763. The lowest BCUT2D eigenvalue weighted by Crippen LogP contribution is -1.98. The molecule has 0 fully saturated rings. The summed E-state index contributed by atoms with van der Waals surface area (Å²) in [6.07, 6.45) is 2.93. The van der Waals surface area contributed by atoms with Crippen LogP contribution in [0.2, 0.25) is 0 Å². The van der Waals surface area contributed by atoms with Crippen LogP contribution >= 0.6 is 15.6 Å². The quantitative estimate of drug-likeness (QED) is 0.349. The molecule has 90 valence electrons.